The monoisotopic (exact) mass is 311 g/mol. The van der Waals surface area contributed by atoms with Gasteiger partial charge in [0.05, 0.1) is 11.6 Å². The molecule has 118 valence electrons. The van der Waals surface area contributed by atoms with Crippen molar-refractivity contribution in [1.82, 2.24) is 24.2 Å². The summed E-state index contributed by atoms with van der Waals surface area (Å²) >= 11 is 6.09. The lowest BCUT2D eigenvalue weighted by atomic mass is 10.2. The van der Waals surface area contributed by atoms with E-state index in [0.29, 0.717) is 11.9 Å². The maximum atomic E-state index is 6.09. The Labute approximate surface area is 131 Å². The van der Waals surface area contributed by atoms with E-state index >= 15 is 0 Å². The van der Waals surface area contributed by atoms with E-state index in [1.54, 1.807) is 0 Å². The van der Waals surface area contributed by atoms with E-state index in [-0.39, 0.29) is 0 Å². The molecule has 0 aliphatic carbocycles. The summed E-state index contributed by atoms with van der Waals surface area (Å²) < 4.78 is 4.15. The van der Waals surface area contributed by atoms with Crippen molar-refractivity contribution in [3.8, 4) is 0 Å². The summed E-state index contributed by atoms with van der Waals surface area (Å²) in [6, 6.07) is 0.584. The average Bonchev–Trinajstić information content (AvgIpc) is 3.01. The van der Waals surface area contributed by atoms with Crippen LogP contribution in [0, 0.1) is 0 Å². The summed E-state index contributed by atoms with van der Waals surface area (Å²) in [5, 5.41) is 4.56. The highest BCUT2D eigenvalue weighted by Crippen LogP contribution is 2.21. The fraction of sp³-hybridized carbons (Fsp3) is 0.733. The van der Waals surface area contributed by atoms with Crippen LogP contribution in [-0.4, -0.2) is 43.9 Å². The van der Waals surface area contributed by atoms with Crippen LogP contribution < -0.4 is 0 Å². The molecule has 2 heterocycles. The molecule has 0 radical (unpaired) electrons. The zero-order valence-electron chi connectivity index (χ0n) is 13.7. The van der Waals surface area contributed by atoms with Crippen LogP contribution >= 0.6 is 11.6 Å². The molecule has 0 saturated carbocycles. The lowest BCUT2D eigenvalue weighted by Crippen LogP contribution is -2.31. The average molecular weight is 312 g/mol. The number of halogens is 1. The zero-order chi connectivity index (χ0) is 15.6. The first-order chi connectivity index (χ1) is 10.0. The van der Waals surface area contributed by atoms with E-state index in [9.17, 15) is 0 Å². The van der Waals surface area contributed by atoms with E-state index < -0.39 is 0 Å². The van der Waals surface area contributed by atoms with E-state index in [0.717, 1.165) is 48.6 Å². The van der Waals surface area contributed by atoms with Gasteiger partial charge in [-0.15, -0.1) is 11.6 Å². The topological polar surface area (TPSA) is 38.9 Å². The Morgan fingerprint density at radius 2 is 2.05 bits per heavy atom. The summed E-state index contributed by atoms with van der Waals surface area (Å²) in [7, 11) is 4.15. The van der Waals surface area contributed by atoms with E-state index in [4.69, 9.17) is 16.6 Å². The van der Waals surface area contributed by atoms with Crippen molar-refractivity contribution in [3.05, 3.63) is 11.5 Å². The van der Waals surface area contributed by atoms with Crippen molar-refractivity contribution in [2.75, 3.05) is 13.6 Å². The van der Waals surface area contributed by atoms with Crippen LogP contribution in [0.2, 0.25) is 0 Å². The van der Waals surface area contributed by atoms with Crippen LogP contribution in [0.3, 0.4) is 0 Å². The molecular weight excluding hydrogens is 286 g/mol. The molecular formula is C15H26ClN5. The predicted octanol–water partition coefficient (Wildman–Crippen LogP) is 2.80. The smallest absolute Gasteiger partial charge is 0.158 e. The SMILES string of the molecule is CCc1nn(C)c2c1nc(CCl)n2CCN(C)C(C)CC. The Bertz CT molecular complexity index is 601. The van der Waals surface area contributed by atoms with E-state index in [1.165, 1.54) is 0 Å². The number of likely N-dealkylation sites (N-methyl/N-ethyl adjacent to an activating group) is 1. The molecule has 0 N–H and O–H groups in total. The molecule has 2 aromatic heterocycles. The van der Waals surface area contributed by atoms with Crippen LogP contribution in [0.4, 0.5) is 0 Å². The van der Waals surface area contributed by atoms with Gasteiger partial charge >= 0.3 is 0 Å². The number of aryl methyl sites for hydroxylation is 2. The third-order valence-corrected chi connectivity index (χ3v) is 4.58. The van der Waals surface area contributed by atoms with E-state index in [2.05, 4.69) is 42.4 Å². The first-order valence-electron chi connectivity index (χ1n) is 7.70. The number of nitrogens with zero attached hydrogens (tertiary/aromatic N) is 5. The second-order valence-corrected chi connectivity index (χ2v) is 5.91. The second-order valence-electron chi connectivity index (χ2n) is 5.65. The maximum Gasteiger partial charge on any atom is 0.158 e. The van der Waals surface area contributed by atoms with Gasteiger partial charge in [-0.25, -0.2) is 4.98 Å². The highest BCUT2D eigenvalue weighted by molar-refractivity contribution is 6.16. The zero-order valence-corrected chi connectivity index (χ0v) is 14.5. The van der Waals surface area contributed by atoms with Gasteiger partial charge < -0.3 is 9.47 Å². The molecule has 0 spiro atoms. The summed E-state index contributed by atoms with van der Waals surface area (Å²) in [4.78, 5) is 7.07. The lowest BCUT2D eigenvalue weighted by Gasteiger charge is -2.24. The maximum absolute atomic E-state index is 6.09. The van der Waals surface area contributed by atoms with Crippen molar-refractivity contribution in [3.63, 3.8) is 0 Å². The van der Waals surface area contributed by atoms with Crippen LogP contribution in [0.5, 0.6) is 0 Å². The number of fused-ring (bicyclic) bond motifs is 1. The van der Waals surface area contributed by atoms with Gasteiger partial charge in [0.25, 0.3) is 0 Å². The van der Waals surface area contributed by atoms with Gasteiger partial charge in [0, 0.05) is 26.2 Å². The minimum atomic E-state index is 0.435. The van der Waals surface area contributed by atoms with Gasteiger partial charge in [0.2, 0.25) is 0 Å². The Morgan fingerprint density at radius 1 is 1.33 bits per heavy atom. The van der Waals surface area contributed by atoms with Crippen molar-refractivity contribution in [2.24, 2.45) is 7.05 Å². The standard InChI is InChI=1S/C15H26ClN5/c1-6-11(3)19(4)8-9-21-13(10-16)17-14-12(7-2)18-20(5)15(14)21/h11H,6-10H2,1-5H3. The molecule has 0 bridgehead atoms. The number of aromatic nitrogens is 4. The van der Waals surface area contributed by atoms with Gasteiger partial charge in [0.1, 0.15) is 11.3 Å². The summed E-state index contributed by atoms with van der Waals surface area (Å²) in [6.07, 6.45) is 2.05. The number of alkyl halides is 1. The Kier molecular flexibility index (Phi) is 5.27. The van der Waals surface area contributed by atoms with Gasteiger partial charge in [-0.05, 0) is 26.8 Å². The Morgan fingerprint density at radius 3 is 2.62 bits per heavy atom. The van der Waals surface area contributed by atoms with Crippen LogP contribution in [0.15, 0.2) is 0 Å². The van der Waals surface area contributed by atoms with Crippen molar-refractivity contribution >= 4 is 22.8 Å². The molecule has 6 heteroatoms. The third kappa shape index (κ3) is 3.09. The minimum Gasteiger partial charge on any atom is -0.311 e. The van der Waals surface area contributed by atoms with Crippen LogP contribution in [0.25, 0.3) is 11.2 Å². The number of hydrogen-bond donors (Lipinski definition) is 0. The quantitative estimate of drug-likeness (QED) is 0.738. The summed E-state index contributed by atoms with van der Waals surface area (Å²) in [6.45, 7) is 8.46. The van der Waals surface area contributed by atoms with Crippen molar-refractivity contribution in [2.45, 2.75) is 52.1 Å². The van der Waals surface area contributed by atoms with Gasteiger partial charge in [0.15, 0.2) is 5.65 Å². The molecule has 5 nitrogen and oxygen atoms in total. The molecule has 2 aromatic rings. The van der Waals surface area contributed by atoms with Crippen LogP contribution in [-0.2, 0) is 25.9 Å². The Hall–Kier alpha value is -1.07. The first kappa shape index (κ1) is 16.3. The molecule has 1 atom stereocenters. The molecule has 0 aliphatic heterocycles. The molecule has 21 heavy (non-hydrogen) atoms. The Balaban J connectivity index is 2.31. The summed E-state index contributed by atoms with van der Waals surface area (Å²) in [5.74, 6) is 1.37. The largest absolute Gasteiger partial charge is 0.311 e. The molecule has 0 aliphatic rings. The van der Waals surface area contributed by atoms with Gasteiger partial charge in [-0.3, -0.25) is 4.68 Å². The molecule has 2 rings (SSSR count). The highest BCUT2D eigenvalue weighted by atomic mass is 35.5. The minimum absolute atomic E-state index is 0.435. The molecule has 0 amide bonds. The van der Waals surface area contributed by atoms with E-state index in [1.807, 2.05) is 11.7 Å². The highest BCUT2D eigenvalue weighted by Gasteiger charge is 2.18. The van der Waals surface area contributed by atoms with Gasteiger partial charge in [-0.2, -0.15) is 5.10 Å². The third-order valence-electron chi connectivity index (χ3n) is 4.34. The molecule has 0 saturated heterocycles. The summed E-state index contributed by atoms with van der Waals surface area (Å²) in [5.41, 5.74) is 3.13. The number of rotatable bonds is 7. The molecule has 0 fully saturated rings. The second kappa shape index (κ2) is 6.79. The first-order valence-corrected chi connectivity index (χ1v) is 8.24. The fourth-order valence-electron chi connectivity index (χ4n) is 2.65. The molecule has 1 unspecified atom stereocenters. The molecule has 0 aromatic carbocycles. The number of hydrogen-bond acceptors (Lipinski definition) is 3. The predicted molar refractivity (Wildman–Crippen MR) is 87.8 cm³/mol. The van der Waals surface area contributed by atoms with Crippen molar-refractivity contribution in [1.29, 1.82) is 0 Å². The van der Waals surface area contributed by atoms with Gasteiger partial charge in [-0.1, -0.05) is 13.8 Å². The number of imidazole rings is 1. The lowest BCUT2D eigenvalue weighted by molar-refractivity contribution is 0.242. The van der Waals surface area contributed by atoms with Crippen molar-refractivity contribution < 1.29 is 0 Å². The normalized spacial score (nSPS) is 13.5. The fourth-order valence-corrected chi connectivity index (χ4v) is 2.86. The van der Waals surface area contributed by atoms with Crippen LogP contribution in [0.1, 0.15) is 38.7 Å².